The first kappa shape index (κ1) is 54.7. The predicted octanol–water partition coefficient (Wildman–Crippen LogP) is 19.5. The van der Waals surface area contributed by atoms with Gasteiger partial charge in [0, 0.05) is 24.2 Å². The van der Waals surface area contributed by atoms with E-state index in [0.29, 0.717) is 5.56 Å². The van der Waals surface area contributed by atoms with Crippen molar-refractivity contribution >= 4 is 225 Å². The smallest absolute Gasteiger partial charge is 0.166 e. The van der Waals surface area contributed by atoms with Gasteiger partial charge >= 0.3 is 0 Å². The topological polar surface area (TPSA) is 210 Å². The van der Waals surface area contributed by atoms with Gasteiger partial charge in [0.25, 0.3) is 0 Å². The van der Waals surface area contributed by atoms with Crippen LogP contribution in [-0.2, 0) is 10.8 Å². The zero-order valence-corrected chi connectivity index (χ0v) is 47.7. The van der Waals surface area contributed by atoms with Crippen molar-refractivity contribution in [3.63, 3.8) is 0 Å². The first-order valence-electron chi connectivity index (χ1n) is 21.0. The lowest BCUT2D eigenvalue weighted by molar-refractivity contribution is 0.475. The molecule has 3 aromatic heterocycles. The number of phenolic OH excluding ortho intramolecular Hbond substituents is 1. The van der Waals surface area contributed by atoms with E-state index < -0.39 is 16.6 Å². The zero-order chi connectivity index (χ0) is 54.9. The first-order valence-corrected chi connectivity index (χ1v) is 26.3. The standard InChI is InChI=1S/C49H21Cl14N11O2/c1-4-48(5-2,10-64)13-7-8-15(14(9-13)49(6-3,11-65)12-66)76-39-31(57)23-21(29(55)37(39)63)45-70-42-17-16(24(50)32(58)33(59)25(17)51)40(68-42)67-41-18-19(27(53)35(61)34(60)26(18)52)43(69-41)71-46-22-20(44(72-46)73-47(23)74-45)28(54)36(62)38(75)30(22)56/h4-12,64-66,75H,1-3H2,(H2,67,68,69,70,71,72,73,74). The number of ether oxygens (including phenoxy) is 1. The molecule has 2 aliphatic rings. The van der Waals surface area contributed by atoms with Crippen molar-refractivity contribution in [2.24, 2.45) is 0 Å². The summed E-state index contributed by atoms with van der Waals surface area (Å²) in [5.74, 6) is -1.54. The molecular weight excluding hydrogens is 1270 g/mol. The molecule has 0 radical (unpaired) electrons. The summed E-state index contributed by atoms with van der Waals surface area (Å²) in [6.07, 6.45) is 7.48. The van der Waals surface area contributed by atoms with Crippen LogP contribution < -0.4 is 4.74 Å². The molecule has 8 bridgehead atoms. The number of allylic oxidation sites excluding steroid dienone is 3. The van der Waals surface area contributed by atoms with Crippen LogP contribution in [0.4, 0.5) is 0 Å². The molecule has 0 saturated heterocycles. The van der Waals surface area contributed by atoms with Crippen LogP contribution in [0.2, 0.25) is 70.3 Å². The van der Waals surface area contributed by atoms with Crippen LogP contribution in [0.15, 0.2) is 56.2 Å². The largest absolute Gasteiger partial charge is 0.505 e. The highest BCUT2D eigenvalue weighted by Crippen LogP contribution is 2.56. The maximum atomic E-state index is 11.2. The van der Waals surface area contributed by atoms with Crippen LogP contribution in [0.3, 0.4) is 0 Å². The van der Waals surface area contributed by atoms with Gasteiger partial charge in [-0.25, -0.2) is 29.9 Å². The molecule has 0 atom stereocenters. The maximum Gasteiger partial charge on any atom is 0.166 e. The summed E-state index contributed by atoms with van der Waals surface area (Å²) in [6.45, 7) is 11.7. The number of hydrogen-bond acceptors (Lipinski definition) is 11. The molecule has 5 aromatic carbocycles. The predicted molar refractivity (Wildman–Crippen MR) is 315 cm³/mol. The molecular formula is C49H21Cl14N11O2. The summed E-state index contributed by atoms with van der Waals surface area (Å²) < 4.78 is 6.62. The first-order chi connectivity index (χ1) is 36.1. The quantitative estimate of drug-likeness (QED) is 0.0335. The van der Waals surface area contributed by atoms with Gasteiger partial charge in [-0.2, -0.15) is 0 Å². The summed E-state index contributed by atoms with van der Waals surface area (Å²) in [6, 6.07) is 4.76. The molecule has 6 N–H and O–H groups in total. The lowest BCUT2D eigenvalue weighted by Crippen LogP contribution is -2.29. The summed E-state index contributed by atoms with van der Waals surface area (Å²) in [7, 11) is 0. The van der Waals surface area contributed by atoms with Gasteiger partial charge in [0.1, 0.15) is 38.4 Å². The Morgan fingerprint density at radius 3 is 1.18 bits per heavy atom. The molecule has 0 aliphatic carbocycles. The van der Waals surface area contributed by atoms with Crippen molar-refractivity contribution in [2.75, 3.05) is 0 Å². The number of aromatic amines is 2. The van der Waals surface area contributed by atoms with Crippen molar-refractivity contribution in [1.29, 1.82) is 16.2 Å². The highest BCUT2D eigenvalue weighted by molar-refractivity contribution is 6.57. The Kier molecular flexibility index (Phi) is 14.3. The fraction of sp³-hybridized carbons (Fsp3) is 0.0408. The number of rotatable bonds is 10. The van der Waals surface area contributed by atoms with Crippen molar-refractivity contribution in [2.45, 2.75) is 10.8 Å². The van der Waals surface area contributed by atoms with Gasteiger partial charge in [-0.1, -0.05) is 187 Å². The van der Waals surface area contributed by atoms with E-state index in [-0.39, 0.29) is 177 Å². The summed E-state index contributed by atoms with van der Waals surface area (Å²) in [5.41, 5.74) is -2.32. The van der Waals surface area contributed by atoms with E-state index in [1.165, 1.54) is 24.3 Å². The lowest BCUT2D eigenvalue weighted by Gasteiger charge is -2.28. The van der Waals surface area contributed by atoms with Gasteiger partial charge < -0.3 is 36.0 Å². The van der Waals surface area contributed by atoms with E-state index in [1.807, 2.05) is 0 Å². The molecule has 76 heavy (non-hydrogen) atoms. The van der Waals surface area contributed by atoms with Crippen LogP contribution in [0.25, 0.3) is 89.7 Å². The van der Waals surface area contributed by atoms with E-state index >= 15 is 0 Å². The average molecular weight is 1290 g/mol. The highest BCUT2D eigenvalue weighted by Gasteiger charge is 2.37. The highest BCUT2D eigenvalue weighted by atomic mass is 35.5. The molecule has 5 heterocycles. The molecule has 0 unspecified atom stereocenters. The third-order valence-electron chi connectivity index (χ3n) is 12.6. The van der Waals surface area contributed by atoms with E-state index in [1.54, 1.807) is 12.1 Å². The number of aromatic nitrogens is 8. The Morgan fingerprint density at radius 2 is 0.789 bits per heavy atom. The molecule has 8 aromatic rings. The van der Waals surface area contributed by atoms with Crippen LogP contribution in [-0.4, -0.2) is 63.6 Å². The minimum Gasteiger partial charge on any atom is -0.505 e. The molecule has 0 saturated carbocycles. The number of nitrogens with one attached hydrogen (secondary N) is 5. The van der Waals surface area contributed by atoms with Gasteiger partial charge in [0.2, 0.25) is 0 Å². The number of H-pyrrole nitrogens is 2. The lowest BCUT2D eigenvalue weighted by atomic mass is 9.76. The molecule has 382 valence electrons. The zero-order valence-electron chi connectivity index (χ0n) is 37.1. The van der Waals surface area contributed by atoms with Crippen LogP contribution in [0, 0.1) is 16.2 Å². The molecule has 0 fully saturated rings. The molecule has 10 rings (SSSR count). The van der Waals surface area contributed by atoms with Crippen LogP contribution >= 0.6 is 162 Å². The minimum atomic E-state index is -1.58. The maximum absolute atomic E-state index is 11.2. The van der Waals surface area contributed by atoms with E-state index in [0.717, 1.165) is 18.6 Å². The minimum absolute atomic E-state index is 0.000218. The number of nitrogens with zero attached hydrogens (tertiary/aromatic N) is 6. The molecule has 13 nitrogen and oxygen atoms in total. The van der Waals surface area contributed by atoms with Gasteiger partial charge in [-0.15, -0.1) is 19.7 Å². The van der Waals surface area contributed by atoms with E-state index in [9.17, 15) is 5.11 Å². The third kappa shape index (κ3) is 7.91. The van der Waals surface area contributed by atoms with Gasteiger partial charge in [-0.05, 0) is 17.7 Å². The Labute approximate surface area is 497 Å². The number of aromatic hydroxyl groups is 1. The molecule has 0 spiro atoms. The Bertz CT molecular complexity index is 4210. The van der Waals surface area contributed by atoms with Gasteiger partial charge in [-0.3, -0.25) is 0 Å². The fourth-order valence-corrected chi connectivity index (χ4v) is 12.3. The monoisotopic (exact) mass is 1280 g/mol. The Hall–Kier alpha value is -4.65. The number of benzene rings is 5. The fourth-order valence-electron chi connectivity index (χ4n) is 8.63. The van der Waals surface area contributed by atoms with Crippen molar-refractivity contribution in [3.8, 4) is 62.8 Å². The number of fused-ring (bicyclic) bond motifs is 20. The second-order valence-corrected chi connectivity index (χ2v) is 21.7. The van der Waals surface area contributed by atoms with Crippen LogP contribution in [0.1, 0.15) is 11.1 Å². The van der Waals surface area contributed by atoms with Gasteiger partial charge in [0.15, 0.2) is 34.8 Å². The number of halogens is 14. The Morgan fingerprint density at radius 1 is 0.434 bits per heavy atom. The molecule has 2 aliphatic heterocycles. The second kappa shape index (κ2) is 19.9. The Balaban J connectivity index is 1.39. The second-order valence-electron chi connectivity index (χ2n) is 16.4. The van der Waals surface area contributed by atoms with Crippen molar-refractivity contribution < 1.29 is 9.84 Å². The average Bonchev–Trinajstić information content (AvgIpc) is 4.21. The normalized spacial score (nSPS) is 12.8. The SMILES string of the molecule is C=CC(C=C)(C=N)c1ccc(Oc2c(Cl)c(Cl)c3c(c2Cl)-c2nc-3nc3[nH]c(nc4nc(nc5[nH]c(n2)c2c(Cl)c(Cl)c(O)c(Cl)c52)-c2c(Cl)c(Cl)c(Cl)c(Cl)c2-4)c2c(Cl)c(Cl)c(Cl)c(Cl)c32)c(C(C=C)(C=N)C=N)c1. The molecule has 0 amide bonds. The summed E-state index contributed by atoms with van der Waals surface area (Å²) in [4.78, 5) is 35.4. The van der Waals surface area contributed by atoms with E-state index in [2.05, 4.69) is 29.7 Å². The summed E-state index contributed by atoms with van der Waals surface area (Å²) in [5, 5.41) is 34.0. The van der Waals surface area contributed by atoms with Crippen molar-refractivity contribution in [3.05, 3.63) is 138 Å². The van der Waals surface area contributed by atoms with Gasteiger partial charge in [0.05, 0.1) is 115 Å². The van der Waals surface area contributed by atoms with Crippen molar-refractivity contribution in [1.82, 2.24) is 39.9 Å². The number of phenols is 1. The van der Waals surface area contributed by atoms with E-state index in [4.69, 9.17) is 213 Å². The third-order valence-corrected chi connectivity index (χ3v) is 18.6. The van der Waals surface area contributed by atoms with Crippen LogP contribution in [0.5, 0.6) is 17.2 Å². The molecule has 27 heteroatoms. The number of hydrogen-bond donors (Lipinski definition) is 6. The summed E-state index contributed by atoms with van der Waals surface area (Å²) >= 11 is 96.8.